The minimum absolute atomic E-state index is 0.0807. The van der Waals surface area contributed by atoms with E-state index in [1.54, 1.807) is 4.90 Å². The van der Waals surface area contributed by atoms with Crippen molar-refractivity contribution in [2.24, 2.45) is 11.3 Å². The van der Waals surface area contributed by atoms with Gasteiger partial charge in [0.05, 0.1) is 19.1 Å². The Bertz CT molecular complexity index is 585. The van der Waals surface area contributed by atoms with Gasteiger partial charge in [-0.2, -0.15) is 0 Å². The van der Waals surface area contributed by atoms with Gasteiger partial charge < -0.3 is 9.84 Å². The molecule has 1 N–H and O–H groups in total. The van der Waals surface area contributed by atoms with E-state index >= 15 is 0 Å². The first-order chi connectivity index (χ1) is 11.8. The monoisotopic (exact) mass is 347 g/mol. The van der Waals surface area contributed by atoms with Gasteiger partial charge in [0.1, 0.15) is 0 Å². The van der Waals surface area contributed by atoms with Crippen molar-refractivity contribution in [2.45, 2.75) is 58.5 Å². The third-order valence-corrected chi connectivity index (χ3v) is 5.06. The van der Waals surface area contributed by atoms with Gasteiger partial charge in [0.2, 0.25) is 0 Å². The zero-order valence-electron chi connectivity index (χ0n) is 15.6. The quantitative estimate of drug-likeness (QED) is 0.815. The predicted molar refractivity (Wildman–Crippen MR) is 96.3 cm³/mol. The van der Waals surface area contributed by atoms with E-state index in [4.69, 9.17) is 4.74 Å². The van der Waals surface area contributed by atoms with Crippen LogP contribution in [0.2, 0.25) is 0 Å². The summed E-state index contributed by atoms with van der Waals surface area (Å²) < 4.78 is 4.84. The molecule has 1 fully saturated rings. The van der Waals surface area contributed by atoms with Crippen LogP contribution in [0.5, 0.6) is 0 Å². The van der Waals surface area contributed by atoms with Crippen molar-refractivity contribution >= 4 is 12.1 Å². The Morgan fingerprint density at radius 3 is 2.12 bits per heavy atom. The van der Waals surface area contributed by atoms with Crippen LogP contribution in [-0.2, 0) is 9.53 Å². The third-order valence-electron chi connectivity index (χ3n) is 5.06. The summed E-state index contributed by atoms with van der Waals surface area (Å²) in [5, 5.41) is 9.98. The van der Waals surface area contributed by atoms with Gasteiger partial charge in [0.25, 0.3) is 0 Å². The molecule has 1 aromatic carbocycles. The van der Waals surface area contributed by atoms with E-state index in [1.807, 2.05) is 30.3 Å². The molecule has 0 aliphatic heterocycles. The van der Waals surface area contributed by atoms with Crippen LogP contribution in [0.3, 0.4) is 0 Å². The molecule has 1 atom stereocenters. The van der Waals surface area contributed by atoms with Crippen molar-refractivity contribution in [3.63, 3.8) is 0 Å². The zero-order chi connectivity index (χ0) is 18.6. The lowest BCUT2D eigenvalue weighted by Crippen LogP contribution is -2.48. The maximum atomic E-state index is 12.2. The minimum Gasteiger partial charge on any atom is -0.469 e. The SMILES string of the molecule is COC(=O)[C@H]1CC[C@@H](N(C(=O)O)C(c2ccccc2)C(C)(C)C)CC1. The summed E-state index contributed by atoms with van der Waals surface area (Å²) in [6.07, 6.45) is 1.82. The molecule has 25 heavy (non-hydrogen) atoms. The van der Waals surface area contributed by atoms with E-state index in [9.17, 15) is 14.7 Å². The van der Waals surface area contributed by atoms with E-state index < -0.39 is 6.09 Å². The van der Waals surface area contributed by atoms with Crippen molar-refractivity contribution in [1.29, 1.82) is 0 Å². The first kappa shape index (κ1) is 19.3. The van der Waals surface area contributed by atoms with Gasteiger partial charge in [-0.1, -0.05) is 51.1 Å². The van der Waals surface area contributed by atoms with E-state index in [2.05, 4.69) is 20.8 Å². The molecular weight excluding hydrogens is 318 g/mol. The highest BCUT2D eigenvalue weighted by molar-refractivity contribution is 5.72. The smallest absolute Gasteiger partial charge is 0.408 e. The van der Waals surface area contributed by atoms with Crippen LogP contribution in [0.15, 0.2) is 30.3 Å². The lowest BCUT2D eigenvalue weighted by atomic mass is 9.78. The Morgan fingerprint density at radius 2 is 1.68 bits per heavy atom. The van der Waals surface area contributed by atoms with Crippen molar-refractivity contribution < 1.29 is 19.4 Å². The second-order valence-electron chi connectivity index (χ2n) is 7.90. The number of amides is 1. The number of hydrogen-bond acceptors (Lipinski definition) is 3. The normalized spacial score (nSPS) is 22.1. The number of carboxylic acid groups (broad SMARTS) is 1. The van der Waals surface area contributed by atoms with Gasteiger partial charge in [-0.15, -0.1) is 0 Å². The molecule has 0 saturated heterocycles. The second kappa shape index (κ2) is 7.89. The fourth-order valence-electron chi connectivity index (χ4n) is 3.95. The van der Waals surface area contributed by atoms with Gasteiger partial charge in [0, 0.05) is 6.04 Å². The van der Waals surface area contributed by atoms with Crippen LogP contribution < -0.4 is 0 Å². The fraction of sp³-hybridized carbons (Fsp3) is 0.600. The molecule has 0 bridgehead atoms. The maximum Gasteiger partial charge on any atom is 0.408 e. The second-order valence-corrected chi connectivity index (χ2v) is 7.90. The summed E-state index contributed by atoms with van der Waals surface area (Å²) in [6.45, 7) is 6.21. The molecular formula is C20H29NO4. The van der Waals surface area contributed by atoms with E-state index in [0.29, 0.717) is 25.7 Å². The number of methoxy groups -OCH3 is 1. The molecule has 1 amide bonds. The Morgan fingerprint density at radius 1 is 1.12 bits per heavy atom. The Hall–Kier alpha value is -2.04. The molecule has 1 unspecified atom stereocenters. The van der Waals surface area contributed by atoms with Crippen molar-refractivity contribution in [3.05, 3.63) is 35.9 Å². The van der Waals surface area contributed by atoms with Crippen LogP contribution in [0, 0.1) is 11.3 Å². The van der Waals surface area contributed by atoms with Crippen LogP contribution in [0.4, 0.5) is 4.79 Å². The van der Waals surface area contributed by atoms with E-state index in [1.165, 1.54) is 7.11 Å². The van der Waals surface area contributed by atoms with E-state index in [0.717, 1.165) is 5.56 Å². The summed E-state index contributed by atoms with van der Waals surface area (Å²) in [5.74, 6) is -0.294. The number of nitrogens with zero attached hydrogens (tertiary/aromatic N) is 1. The Labute approximate surface area is 150 Å². The lowest BCUT2D eigenvalue weighted by Gasteiger charge is -2.45. The summed E-state index contributed by atoms with van der Waals surface area (Å²) in [6, 6.07) is 9.51. The molecule has 5 nitrogen and oxygen atoms in total. The molecule has 1 aliphatic rings. The minimum atomic E-state index is -0.898. The molecule has 0 spiro atoms. The highest BCUT2D eigenvalue weighted by Crippen LogP contribution is 2.42. The molecule has 2 rings (SSSR count). The highest BCUT2D eigenvalue weighted by atomic mass is 16.5. The highest BCUT2D eigenvalue weighted by Gasteiger charge is 2.40. The number of ether oxygens (including phenoxy) is 1. The average Bonchev–Trinajstić information content (AvgIpc) is 2.58. The van der Waals surface area contributed by atoms with Gasteiger partial charge >= 0.3 is 12.1 Å². The number of rotatable bonds is 4. The predicted octanol–water partition coefficient (Wildman–Crippen LogP) is 4.49. The number of hydrogen-bond donors (Lipinski definition) is 1. The summed E-state index contributed by atoms with van der Waals surface area (Å²) in [4.78, 5) is 25.5. The molecule has 1 aromatic rings. The number of carbonyl (C=O) groups excluding carboxylic acids is 1. The largest absolute Gasteiger partial charge is 0.469 e. The van der Waals surface area contributed by atoms with Crippen LogP contribution >= 0.6 is 0 Å². The van der Waals surface area contributed by atoms with Crippen LogP contribution in [-0.4, -0.2) is 35.2 Å². The fourth-order valence-corrected chi connectivity index (χ4v) is 3.95. The number of carbonyl (C=O) groups is 2. The van der Waals surface area contributed by atoms with Crippen molar-refractivity contribution in [3.8, 4) is 0 Å². The summed E-state index contributed by atoms with van der Waals surface area (Å²) in [7, 11) is 1.41. The van der Waals surface area contributed by atoms with Gasteiger partial charge in [-0.05, 0) is 36.7 Å². The van der Waals surface area contributed by atoms with Crippen LogP contribution in [0.1, 0.15) is 58.1 Å². The topological polar surface area (TPSA) is 66.8 Å². The van der Waals surface area contributed by atoms with Crippen molar-refractivity contribution in [1.82, 2.24) is 4.90 Å². The van der Waals surface area contributed by atoms with Crippen LogP contribution in [0.25, 0.3) is 0 Å². The lowest BCUT2D eigenvalue weighted by molar-refractivity contribution is -0.147. The third kappa shape index (κ3) is 4.53. The number of esters is 1. The summed E-state index contributed by atoms with van der Waals surface area (Å²) >= 11 is 0. The molecule has 0 heterocycles. The Kier molecular flexibility index (Phi) is 6.09. The molecule has 0 aromatic heterocycles. The molecule has 138 valence electrons. The molecule has 5 heteroatoms. The zero-order valence-corrected chi connectivity index (χ0v) is 15.6. The molecule has 1 saturated carbocycles. The number of benzene rings is 1. The molecule has 1 aliphatic carbocycles. The van der Waals surface area contributed by atoms with Gasteiger partial charge in [-0.3, -0.25) is 9.69 Å². The van der Waals surface area contributed by atoms with Crippen molar-refractivity contribution in [2.75, 3.05) is 7.11 Å². The first-order valence-corrected chi connectivity index (χ1v) is 8.89. The first-order valence-electron chi connectivity index (χ1n) is 8.89. The molecule has 0 radical (unpaired) electrons. The Balaban J connectivity index is 2.27. The average molecular weight is 347 g/mol. The maximum absolute atomic E-state index is 12.2. The standard InChI is InChI=1S/C20H29NO4/c1-20(2,3)17(14-8-6-5-7-9-14)21(19(23)24)16-12-10-15(11-13-16)18(22)25-4/h5-9,15-17H,10-13H2,1-4H3,(H,23,24)/t15-,16+,17?. The van der Waals surface area contributed by atoms with E-state index in [-0.39, 0.29) is 29.4 Å². The summed E-state index contributed by atoms with van der Waals surface area (Å²) in [5.41, 5.74) is 0.770. The van der Waals surface area contributed by atoms with Gasteiger partial charge in [0.15, 0.2) is 0 Å². The van der Waals surface area contributed by atoms with Gasteiger partial charge in [-0.25, -0.2) is 4.79 Å².